The summed E-state index contributed by atoms with van der Waals surface area (Å²) in [7, 11) is 2.15. The Hall–Kier alpha value is -3.65. The maximum absolute atomic E-state index is 2.46. The summed E-state index contributed by atoms with van der Waals surface area (Å²) < 4.78 is 4.73. The van der Waals surface area contributed by atoms with Crippen molar-refractivity contribution < 1.29 is 4.57 Å². The zero-order valence-corrected chi connectivity index (χ0v) is 19.5. The van der Waals surface area contributed by atoms with E-state index < -0.39 is 0 Å². The molecule has 0 unspecified atom stereocenters. The van der Waals surface area contributed by atoms with Crippen LogP contribution in [0.4, 0.5) is 0 Å². The maximum Gasteiger partial charge on any atom is 0.229 e. The normalized spacial score (nSPS) is 11.3. The summed E-state index contributed by atoms with van der Waals surface area (Å²) in [5.74, 6) is 0. The predicted molar refractivity (Wildman–Crippen MR) is 134 cm³/mol. The molecule has 2 aromatic heterocycles. The van der Waals surface area contributed by atoms with Crippen molar-refractivity contribution in [2.75, 3.05) is 0 Å². The molecule has 5 rings (SSSR count). The van der Waals surface area contributed by atoms with E-state index in [4.69, 9.17) is 0 Å². The fourth-order valence-corrected chi connectivity index (χ4v) is 5.12. The second-order valence-electron chi connectivity index (χ2n) is 8.85. The molecule has 158 valence electrons. The molecule has 2 nitrogen and oxygen atoms in total. The summed E-state index contributed by atoms with van der Waals surface area (Å²) in [4.78, 5) is 0. The zero-order chi connectivity index (χ0) is 22.4. The minimum absolute atomic E-state index is 1.21. The Morgan fingerprint density at radius 1 is 0.688 bits per heavy atom. The van der Waals surface area contributed by atoms with Gasteiger partial charge >= 0.3 is 0 Å². The Balaban J connectivity index is 1.81. The van der Waals surface area contributed by atoms with Gasteiger partial charge in [-0.25, -0.2) is 0 Å². The van der Waals surface area contributed by atoms with Gasteiger partial charge in [-0.05, 0) is 62.1 Å². The van der Waals surface area contributed by atoms with E-state index >= 15 is 0 Å². The highest BCUT2D eigenvalue weighted by atomic mass is 15.0. The first-order valence-electron chi connectivity index (χ1n) is 11.2. The predicted octanol–water partition coefficient (Wildman–Crippen LogP) is 7.02. The number of nitrogens with zero attached hydrogens (tertiary/aromatic N) is 2. The second kappa shape index (κ2) is 7.80. The lowest BCUT2D eigenvalue weighted by atomic mass is 10.0. The maximum atomic E-state index is 2.46. The van der Waals surface area contributed by atoms with Gasteiger partial charge in [0.15, 0.2) is 6.20 Å². The molecule has 3 aromatic carbocycles. The number of benzene rings is 3. The van der Waals surface area contributed by atoms with Gasteiger partial charge in [-0.3, -0.25) is 0 Å². The summed E-state index contributed by atoms with van der Waals surface area (Å²) in [6, 6.07) is 28.4. The van der Waals surface area contributed by atoms with Crippen LogP contribution in [0.2, 0.25) is 0 Å². The fourth-order valence-electron chi connectivity index (χ4n) is 5.12. The molecular weight excluding hydrogens is 388 g/mol. The molecule has 0 spiro atoms. The molecule has 32 heavy (non-hydrogen) atoms. The first-order valence-corrected chi connectivity index (χ1v) is 11.2. The van der Waals surface area contributed by atoms with Gasteiger partial charge in [-0.1, -0.05) is 66.2 Å². The van der Waals surface area contributed by atoms with Crippen molar-refractivity contribution in [3.05, 3.63) is 107 Å². The first-order chi connectivity index (χ1) is 15.5. The zero-order valence-electron chi connectivity index (χ0n) is 19.5. The average molecular weight is 418 g/mol. The van der Waals surface area contributed by atoms with Gasteiger partial charge in [0.2, 0.25) is 5.69 Å². The van der Waals surface area contributed by atoms with Crippen molar-refractivity contribution in [3.8, 4) is 28.2 Å². The Labute approximate surface area is 190 Å². The number of hydrogen-bond donors (Lipinski definition) is 0. The van der Waals surface area contributed by atoms with Gasteiger partial charge in [-0.15, -0.1) is 0 Å². The fraction of sp³-hybridized carbons (Fsp3) is 0.167. The third-order valence-electron chi connectivity index (χ3n) is 6.47. The molecule has 2 heteroatoms. The third-order valence-corrected chi connectivity index (χ3v) is 6.47. The van der Waals surface area contributed by atoms with Crippen molar-refractivity contribution in [1.29, 1.82) is 0 Å². The molecule has 0 N–H and O–H groups in total. The van der Waals surface area contributed by atoms with Gasteiger partial charge in [-0.2, -0.15) is 4.57 Å². The van der Waals surface area contributed by atoms with Crippen LogP contribution < -0.4 is 4.57 Å². The van der Waals surface area contributed by atoms with Crippen molar-refractivity contribution in [2.45, 2.75) is 27.7 Å². The summed E-state index contributed by atoms with van der Waals surface area (Å²) in [6.07, 6.45) is 2.24. The lowest BCUT2D eigenvalue weighted by Crippen LogP contribution is -2.31. The molecule has 0 aliphatic rings. The molecule has 0 aliphatic carbocycles. The van der Waals surface area contributed by atoms with Gasteiger partial charge in [0.1, 0.15) is 12.7 Å². The van der Waals surface area contributed by atoms with Gasteiger partial charge in [0, 0.05) is 17.0 Å². The largest absolute Gasteiger partial charge is 0.303 e. The van der Waals surface area contributed by atoms with Crippen LogP contribution in [0, 0.1) is 27.7 Å². The van der Waals surface area contributed by atoms with Crippen LogP contribution >= 0.6 is 0 Å². The van der Waals surface area contributed by atoms with Crippen LogP contribution in [0.15, 0.2) is 85.1 Å². The number of rotatable bonds is 3. The average Bonchev–Trinajstić information content (AvgIpc) is 3.06. The molecule has 0 amide bonds. The van der Waals surface area contributed by atoms with Crippen molar-refractivity contribution >= 4 is 10.9 Å². The van der Waals surface area contributed by atoms with Crippen LogP contribution in [-0.4, -0.2) is 4.57 Å². The van der Waals surface area contributed by atoms with E-state index in [1.807, 2.05) is 0 Å². The van der Waals surface area contributed by atoms with Crippen molar-refractivity contribution in [2.24, 2.45) is 7.05 Å². The smallest absolute Gasteiger partial charge is 0.229 e. The number of fused-ring (bicyclic) bond motifs is 1. The van der Waals surface area contributed by atoms with E-state index in [-0.39, 0.29) is 0 Å². The molecule has 0 saturated carbocycles. The van der Waals surface area contributed by atoms with E-state index in [2.05, 4.69) is 129 Å². The minimum atomic E-state index is 1.21. The van der Waals surface area contributed by atoms with Gasteiger partial charge in [0.05, 0.1) is 11.2 Å². The van der Waals surface area contributed by atoms with Crippen LogP contribution in [0.5, 0.6) is 0 Å². The van der Waals surface area contributed by atoms with E-state index in [0.717, 1.165) is 0 Å². The van der Waals surface area contributed by atoms with E-state index in [9.17, 15) is 0 Å². The Morgan fingerprint density at radius 2 is 1.34 bits per heavy atom. The summed E-state index contributed by atoms with van der Waals surface area (Å²) in [5.41, 5.74) is 12.7. The Bertz CT molecular complexity index is 1430. The van der Waals surface area contributed by atoms with Crippen LogP contribution in [0.3, 0.4) is 0 Å². The molecule has 0 radical (unpaired) electrons. The number of hydrogen-bond acceptors (Lipinski definition) is 0. The quantitative estimate of drug-likeness (QED) is 0.279. The lowest BCUT2D eigenvalue weighted by Gasteiger charge is -2.17. The van der Waals surface area contributed by atoms with Crippen LogP contribution in [0.1, 0.15) is 22.3 Å². The standard InChI is InChI=1S/C30H29N2/c1-20-17-21(2)29(22(3)18-20)32-27-14-10-9-13-26(27)23(4)30(32)28-16-15-25(19-31(28)5)24-11-7-6-8-12-24/h6-19H,1-5H3/q+1. The molecule has 2 heterocycles. The highest BCUT2D eigenvalue weighted by molar-refractivity contribution is 5.93. The van der Waals surface area contributed by atoms with E-state index in [1.165, 1.54) is 61.4 Å². The number of pyridine rings is 1. The monoisotopic (exact) mass is 417 g/mol. The SMILES string of the molecule is Cc1cc(C)c(-n2c(-c3ccc(-c4ccccc4)c[n+]3C)c(C)c3ccccc32)c(C)c1. The minimum Gasteiger partial charge on any atom is -0.303 e. The number of aromatic nitrogens is 2. The lowest BCUT2D eigenvalue weighted by molar-refractivity contribution is -0.660. The Morgan fingerprint density at radius 3 is 2.03 bits per heavy atom. The summed E-state index contributed by atoms with van der Waals surface area (Å²) >= 11 is 0. The first kappa shape index (κ1) is 20.3. The molecule has 0 aliphatic heterocycles. The molecule has 0 bridgehead atoms. The summed E-state index contributed by atoms with van der Waals surface area (Å²) in [5, 5.41) is 1.30. The highest BCUT2D eigenvalue weighted by Gasteiger charge is 2.24. The molecule has 0 atom stereocenters. The summed E-state index contributed by atoms with van der Waals surface area (Å²) in [6.45, 7) is 8.87. The molecular formula is C30H29N2+. The number of para-hydroxylation sites is 1. The van der Waals surface area contributed by atoms with Crippen LogP contribution in [-0.2, 0) is 7.05 Å². The van der Waals surface area contributed by atoms with E-state index in [0.29, 0.717) is 0 Å². The van der Waals surface area contributed by atoms with Crippen molar-refractivity contribution in [3.63, 3.8) is 0 Å². The van der Waals surface area contributed by atoms with Crippen molar-refractivity contribution in [1.82, 2.24) is 4.57 Å². The molecule has 0 saturated heterocycles. The van der Waals surface area contributed by atoms with Crippen LogP contribution in [0.25, 0.3) is 39.1 Å². The molecule has 5 aromatic rings. The van der Waals surface area contributed by atoms with Gasteiger partial charge in [0.25, 0.3) is 0 Å². The highest BCUT2D eigenvalue weighted by Crippen LogP contribution is 2.37. The third kappa shape index (κ3) is 3.23. The topological polar surface area (TPSA) is 8.81 Å². The second-order valence-corrected chi connectivity index (χ2v) is 8.85. The number of aryl methyl sites for hydroxylation is 5. The van der Waals surface area contributed by atoms with E-state index in [1.54, 1.807) is 0 Å². The molecule has 0 fully saturated rings. The Kier molecular flexibility index (Phi) is 4.94. The van der Waals surface area contributed by atoms with Gasteiger partial charge < -0.3 is 4.57 Å².